The molecular formula is C21H26N2O2. The van der Waals surface area contributed by atoms with Crippen LogP contribution in [0.5, 0.6) is 5.75 Å². The Hall–Kier alpha value is -2.33. The number of hydrogen-bond acceptors (Lipinski definition) is 3. The molecule has 1 heterocycles. The van der Waals surface area contributed by atoms with E-state index >= 15 is 0 Å². The molecule has 132 valence electrons. The highest BCUT2D eigenvalue weighted by Gasteiger charge is 2.13. The molecule has 1 saturated heterocycles. The zero-order chi connectivity index (χ0) is 17.3. The van der Waals surface area contributed by atoms with Crippen molar-refractivity contribution in [1.29, 1.82) is 0 Å². The lowest BCUT2D eigenvalue weighted by atomic mass is 9.96. The van der Waals surface area contributed by atoms with E-state index in [1.807, 2.05) is 48.5 Å². The van der Waals surface area contributed by atoms with Gasteiger partial charge in [-0.1, -0.05) is 36.4 Å². The Morgan fingerprint density at radius 3 is 2.84 bits per heavy atom. The molecule has 1 unspecified atom stereocenters. The number of amides is 1. The van der Waals surface area contributed by atoms with E-state index in [1.54, 1.807) is 6.07 Å². The number of hydrogen-bond donors (Lipinski definition) is 2. The number of carbonyl (C=O) groups excluding carboxylic acids is 1. The molecule has 1 aliphatic rings. The summed E-state index contributed by atoms with van der Waals surface area (Å²) < 4.78 is 5.79. The topological polar surface area (TPSA) is 50.4 Å². The molecule has 3 rings (SSSR count). The SMILES string of the molecule is O=C(NCCC1CCCNC1)c1cccc(OCc2ccccc2)c1. The summed E-state index contributed by atoms with van der Waals surface area (Å²) in [7, 11) is 0. The largest absolute Gasteiger partial charge is 0.489 e. The summed E-state index contributed by atoms with van der Waals surface area (Å²) in [6.07, 6.45) is 3.52. The van der Waals surface area contributed by atoms with E-state index in [0.717, 1.165) is 31.6 Å². The Bertz CT molecular complexity index is 667. The smallest absolute Gasteiger partial charge is 0.251 e. The van der Waals surface area contributed by atoms with E-state index in [-0.39, 0.29) is 5.91 Å². The lowest BCUT2D eigenvalue weighted by molar-refractivity contribution is 0.0950. The fourth-order valence-electron chi connectivity index (χ4n) is 3.13. The fraction of sp³-hybridized carbons (Fsp3) is 0.381. The number of carbonyl (C=O) groups is 1. The molecule has 0 spiro atoms. The maximum atomic E-state index is 12.3. The Kier molecular flexibility index (Phi) is 6.46. The third-order valence-electron chi connectivity index (χ3n) is 4.58. The van der Waals surface area contributed by atoms with Crippen LogP contribution >= 0.6 is 0 Å². The van der Waals surface area contributed by atoms with Crippen LogP contribution in [0.3, 0.4) is 0 Å². The summed E-state index contributed by atoms with van der Waals surface area (Å²) in [6.45, 7) is 3.41. The van der Waals surface area contributed by atoms with Gasteiger partial charge in [-0.3, -0.25) is 4.79 Å². The molecule has 4 nitrogen and oxygen atoms in total. The van der Waals surface area contributed by atoms with Gasteiger partial charge in [0.05, 0.1) is 0 Å². The third-order valence-corrected chi connectivity index (χ3v) is 4.58. The molecule has 4 heteroatoms. The molecule has 1 aliphatic heterocycles. The Balaban J connectivity index is 1.47. The predicted octanol–water partition coefficient (Wildman–Crippen LogP) is 3.39. The van der Waals surface area contributed by atoms with E-state index in [2.05, 4.69) is 10.6 Å². The van der Waals surface area contributed by atoms with Gasteiger partial charge in [0, 0.05) is 12.1 Å². The third kappa shape index (κ3) is 5.61. The van der Waals surface area contributed by atoms with Crippen LogP contribution in [-0.2, 0) is 6.61 Å². The average Bonchev–Trinajstić information content (AvgIpc) is 2.68. The van der Waals surface area contributed by atoms with Crippen molar-refractivity contribution >= 4 is 5.91 Å². The first-order valence-corrected chi connectivity index (χ1v) is 9.07. The zero-order valence-electron chi connectivity index (χ0n) is 14.5. The molecule has 0 bridgehead atoms. The van der Waals surface area contributed by atoms with Crippen molar-refractivity contribution in [3.8, 4) is 5.75 Å². The number of benzene rings is 2. The molecule has 2 aromatic carbocycles. The lowest BCUT2D eigenvalue weighted by Crippen LogP contribution is -2.33. The van der Waals surface area contributed by atoms with Crippen molar-refractivity contribution < 1.29 is 9.53 Å². The first-order chi connectivity index (χ1) is 12.3. The van der Waals surface area contributed by atoms with Gasteiger partial charge in [0.25, 0.3) is 5.91 Å². The molecule has 0 saturated carbocycles. The second-order valence-corrected chi connectivity index (χ2v) is 6.56. The number of nitrogens with one attached hydrogen (secondary N) is 2. The van der Waals surface area contributed by atoms with E-state index in [1.165, 1.54) is 12.8 Å². The summed E-state index contributed by atoms with van der Waals surface area (Å²) >= 11 is 0. The molecule has 1 atom stereocenters. The van der Waals surface area contributed by atoms with Crippen LogP contribution in [0.25, 0.3) is 0 Å². The highest BCUT2D eigenvalue weighted by Crippen LogP contribution is 2.16. The van der Waals surface area contributed by atoms with Gasteiger partial charge in [-0.15, -0.1) is 0 Å². The van der Waals surface area contributed by atoms with E-state index in [4.69, 9.17) is 4.74 Å². The molecule has 0 radical (unpaired) electrons. The highest BCUT2D eigenvalue weighted by atomic mass is 16.5. The van der Waals surface area contributed by atoms with Gasteiger partial charge in [-0.2, -0.15) is 0 Å². The van der Waals surface area contributed by atoms with Crippen LogP contribution < -0.4 is 15.4 Å². The van der Waals surface area contributed by atoms with Crippen LogP contribution in [0.15, 0.2) is 54.6 Å². The summed E-state index contributed by atoms with van der Waals surface area (Å²) in [6, 6.07) is 17.4. The number of piperidine rings is 1. The van der Waals surface area contributed by atoms with Gasteiger partial charge in [0.1, 0.15) is 12.4 Å². The molecule has 2 N–H and O–H groups in total. The molecule has 1 amide bonds. The first kappa shape index (κ1) is 17.5. The zero-order valence-corrected chi connectivity index (χ0v) is 14.5. The molecule has 0 aliphatic carbocycles. The van der Waals surface area contributed by atoms with Gasteiger partial charge in [-0.05, 0) is 62.0 Å². The number of ether oxygens (including phenoxy) is 1. The molecule has 0 aromatic heterocycles. The maximum Gasteiger partial charge on any atom is 0.251 e. The molecular weight excluding hydrogens is 312 g/mol. The van der Waals surface area contributed by atoms with Gasteiger partial charge >= 0.3 is 0 Å². The maximum absolute atomic E-state index is 12.3. The predicted molar refractivity (Wildman–Crippen MR) is 99.8 cm³/mol. The second kappa shape index (κ2) is 9.23. The van der Waals surface area contributed by atoms with Crippen molar-refractivity contribution in [2.24, 2.45) is 5.92 Å². The minimum atomic E-state index is -0.0334. The van der Waals surface area contributed by atoms with Crippen LogP contribution in [0.2, 0.25) is 0 Å². The van der Waals surface area contributed by atoms with Crippen LogP contribution in [-0.4, -0.2) is 25.5 Å². The summed E-state index contributed by atoms with van der Waals surface area (Å²) in [5.74, 6) is 1.36. The minimum absolute atomic E-state index is 0.0334. The Labute approximate surface area is 149 Å². The summed E-state index contributed by atoms with van der Waals surface area (Å²) in [4.78, 5) is 12.3. The molecule has 25 heavy (non-hydrogen) atoms. The van der Waals surface area contributed by atoms with Crippen LogP contribution in [0.1, 0.15) is 35.2 Å². The van der Waals surface area contributed by atoms with Crippen molar-refractivity contribution in [3.05, 3.63) is 65.7 Å². The van der Waals surface area contributed by atoms with Crippen LogP contribution in [0.4, 0.5) is 0 Å². The fourth-order valence-corrected chi connectivity index (χ4v) is 3.13. The summed E-state index contributed by atoms with van der Waals surface area (Å²) in [5, 5.41) is 6.44. The van der Waals surface area contributed by atoms with E-state index < -0.39 is 0 Å². The van der Waals surface area contributed by atoms with Crippen molar-refractivity contribution in [3.63, 3.8) is 0 Å². The van der Waals surface area contributed by atoms with E-state index in [9.17, 15) is 4.79 Å². The molecule has 1 fully saturated rings. The summed E-state index contributed by atoms with van der Waals surface area (Å²) in [5.41, 5.74) is 1.76. The average molecular weight is 338 g/mol. The van der Waals surface area contributed by atoms with Gasteiger partial charge < -0.3 is 15.4 Å². The highest BCUT2D eigenvalue weighted by molar-refractivity contribution is 5.94. The van der Waals surface area contributed by atoms with Gasteiger partial charge in [0.15, 0.2) is 0 Å². The van der Waals surface area contributed by atoms with Crippen LogP contribution in [0, 0.1) is 5.92 Å². The first-order valence-electron chi connectivity index (χ1n) is 9.07. The van der Waals surface area contributed by atoms with Gasteiger partial charge in [-0.25, -0.2) is 0 Å². The number of rotatable bonds is 7. The second-order valence-electron chi connectivity index (χ2n) is 6.56. The van der Waals surface area contributed by atoms with Crippen molar-refractivity contribution in [1.82, 2.24) is 10.6 Å². The lowest BCUT2D eigenvalue weighted by Gasteiger charge is -2.22. The van der Waals surface area contributed by atoms with Crippen molar-refractivity contribution in [2.75, 3.05) is 19.6 Å². The van der Waals surface area contributed by atoms with Crippen molar-refractivity contribution in [2.45, 2.75) is 25.9 Å². The monoisotopic (exact) mass is 338 g/mol. The normalized spacial score (nSPS) is 17.0. The Morgan fingerprint density at radius 1 is 1.16 bits per heavy atom. The molecule has 2 aromatic rings. The Morgan fingerprint density at radius 2 is 2.04 bits per heavy atom. The quantitative estimate of drug-likeness (QED) is 0.814. The van der Waals surface area contributed by atoms with E-state index in [0.29, 0.717) is 23.8 Å². The minimum Gasteiger partial charge on any atom is -0.489 e. The standard InChI is InChI=1S/C21H26N2O2/c24-21(23-13-11-17-8-5-12-22-15-17)19-9-4-10-20(14-19)25-16-18-6-2-1-3-7-18/h1-4,6-7,9-10,14,17,22H,5,8,11-13,15-16H2,(H,23,24). The van der Waals surface area contributed by atoms with Gasteiger partial charge in [0.2, 0.25) is 0 Å².